The summed E-state index contributed by atoms with van der Waals surface area (Å²) in [7, 11) is 0. The first kappa shape index (κ1) is 23.7. The molecule has 0 bridgehead atoms. The quantitative estimate of drug-likeness (QED) is 0.255. The molecule has 3 aromatic rings. The molecule has 1 amide bonds. The number of carbonyl (C=O) groups excluding carboxylic acids is 2. The third-order valence-corrected chi connectivity index (χ3v) is 6.14. The lowest BCUT2D eigenvalue weighted by Gasteiger charge is -2.25. The fourth-order valence-electron chi connectivity index (χ4n) is 3.98. The van der Waals surface area contributed by atoms with Crippen LogP contribution in [-0.2, 0) is 9.59 Å². The first-order valence-corrected chi connectivity index (χ1v) is 11.3. The fourth-order valence-corrected chi connectivity index (χ4v) is 4.29. The van der Waals surface area contributed by atoms with Gasteiger partial charge in [0.2, 0.25) is 0 Å². The van der Waals surface area contributed by atoms with Gasteiger partial charge < -0.3 is 14.9 Å². The summed E-state index contributed by atoms with van der Waals surface area (Å²) >= 11 is 12.2. The lowest BCUT2D eigenvalue weighted by molar-refractivity contribution is -0.132. The third-order valence-electron chi connectivity index (χ3n) is 5.58. The standard InChI is InChI=1S/C26H21Cl2NO5/c1-3-34-21-11-5-16(12-14(21)2)24(31)22-23(15-4-10-20(30)19(28)13-15)29(26(33)25(22)32)18-8-6-17(27)7-9-18/h4-13,23,30-31H,3H2,1-2H3/b24-22-. The van der Waals surface area contributed by atoms with Crippen molar-refractivity contribution in [3.8, 4) is 11.5 Å². The van der Waals surface area contributed by atoms with Crippen molar-refractivity contribution in [2.24, 2.45) is 0 Å². The first-order valence-electron chi connectivity index (χ1n) is 10.5. The van der Waals surface area contributed by atoms with Gasteiger partial charge in [0.25, 0.3) is 11.7 Å². The maximum Gasteiger partial charge on any atom is 0.300 e. The summed E-state index contributed by atoms with van der Waals surface area (Å²) in [6, 6.07) is 14.9. The molecule has 2 N–H and O–H groups in total. The van der Waals surface area contributed by atoms with Crippen LogP contribution in [-0.4, -0.2) is 28.5 Å². The Hall–Kier alpha value is -3.48. The molecule has 0 aliphatic carbocycles. The van der Waals surface area contributed by atoms with Gasteiger partial charge in [-0.3, -0.25) is 14.5 Å². The minimum atomic E-state index is -0.980. The number of aryl methyl sites for hydroxylation is 1. The molecule has 0 spiro atoms. The van der Waals surface area contributed by atoms with E-state index in [1.54, 1.807) is 48.5 Å². The number of carbonyl (C=O) groups is 2. The first-order chi connectivity index (χ1) is 16.2. The van der Waals surface area contributed by atoms with Gasteiger partial charge in [0.15, 0.2) is 0 Å². The van der Waals surface area contributed by atoms with E-state index in [1.807, 2.05) is 13.8 Å². The molecule has 1 saturated heterocycles. The number of ketones is 1. The number of amides is 1. The predicted octanol–water partition coefficient (Wildman–Crippen LogP) is 6.03. The number of aliphatic hydroxyl groups is 1. The van der Waals surface area contributed by atoms with Crippen molar-refractivity contribution in [1.29, 1.82) is 0 Å². The van der Waals surface area contributed by atoms with Gasteiger partial charge in [-0.15, -0.1) is 0 Å². The van der Waals surface area contributed by atoms with E-state index in [-0.39, 0.29) is 22.1 Å². The monoisotopic (exact) mass is 497 g/mol. The molecule has 8 heteroatoms. The number of aliphatic hydroxyl groups excluding tert-OH is 1. The normalized spacial score (nSPS) is 17.3. The van der Waals surface area contributed by atoms with Crippen molar-refractivity contribution in [3.05, 3.63) is 93.0 Å². The molecule has 1 unspecified atom stereocenters. The highest BCUT2D eigenvalue weighted by Crippen LogP contribution is 2.44. The number of phenolic OH excluding ortho intramolecular Hbond substituents is 1. The number of anilines is 1. The van der Waals surface area contributed by atoms with Crippen LogP contribution < -0.4 is 9.64 Å². The second-order valence-corrected chi connectivity index (χ2v) is 8.61. The zero-order chi connectivity index (χ0) is 24.6. The van der Waals surface area contributed by atoms with Gasteiger partial charge in [-0.05, 0) is 79.6 Å². The molecule has 0 saturated carbocycles. The number of phenols is 1. The second-order valence-electron chi connectivity index (χ2n) is 7.77. The van der Waals surface area contributed by atoms with E-state index >= 15 is 0 Å². The van der Waals surface area contributed by atoms with Crippen molar-refractivity contribution in [2.75, 3.05) is 11.5 Å². The van der Waals surface area contributed by atoms with Gasteiger partial charge in [0, 0.05) is 16.3 Å². The summed E-state index contributed by atoms with van der Waals surface area (Å²) in [5.41, 5.74) is 1.90. The van der Waals surface area contributed by atoms with Crippen LogP contribution in [0, 0.1) is 6.92 Å². The fraction of sp³-hybridized carbons (Fsp3) is 0.154. The van der Waals surface area contributed by atoms with Gasteiger partial charge in [-0.25, -0.2) is 0 Å². The number of Topliss-reactive ketones (excluding diaryl/α,β-unsaturated/α-hetero) is 1. The summed E-state index contributed by atoms with van der Waals surface area (Å²) in [5, 5.41) is 21.7. The number of halogens is 2. The summed E-state index contributed by atoms with van der Waals surface area (Å²) in [4.78, 5) is 27.7. The zero-order valence-corrected chi connectivity index (χ0v) is 19.9. The highest BCUT2D eigenvalue weighted by Gasteiger charge is 2.47. The van der Waals surface area contributed by atoms with Gasteiger partial charge in [0.1, 0.15) is 17.3 Å². The Bertz CT molecular complexity index is 1320. The van der Waals surface area contributed by atoms with Crippen molar-refractivity contribution in [3.63, 3.8) is 0 Å². The Kier molecular flexibility index (Phi) is 6.55. The van der Waals surface area contributed by atoms with Crippen LogP contribution in [0.2, 0.25) is 10.0 Å². The third kappa shape index (κ3) is 4.22. The molecule has 1 fully saturated rings. The highest BCUT2D eigenvalue weighted by atomic mass is 35.5. The van der Waals surface area contributed by atoms with Crippen molar-refractivity contribution >= 4 is 46.3 Å². The van der Waals surface area contributed by atoms with E-state index in [0.29, 0.717) is 34.2 Å². The largest absolute Gasteiger partial charge is 0.507 e. The molecule has 1 aliphatic rings. The number of hydrogen-bond acceptors (Lipinski definition) is 5. The Morgan fingerprint density at radius 1 is 1.03 bits per heavy atom. The minimum absolute atomic E-state index is 0.0519. The van der Waals surface area contributed by atoms with Crippen molar-refractivity contribution in [1.82, 2.24) is 0 Å². The SMILES string of the molecule is CCOc1ccc(/C(O)=C2/C(=O)C(=O)N(c3ccc(Cl)cc3)C2c2ccc(O)c(Cl)c2)cc1C. The van der Waals surface area contributed by atoms with Gasteiger partial charge in [0.05, 0.1) is 23.2 Å². The molecule has 3 aromatic carbocycles. The van der Waals surface area contributed by atoms with E-state index in [0.717, 1.165) is 5.56 Å². The Morgan fingerprint density at radius 2 is 1.74 bits per heavy atom. The number of rotatable bonds is 5. The lowest BCUT2D eigenvalue weighted by atomic mass is 9.94. The topological polar surface area (TPSA) is 87.1 Å². The minimum Gasteiger partial charge on any atom is -0.507 e. The molecule has 1 atom stereocenters. The molecule has 0 aromatic heterocycles. The van der Waals surface area contributed by atoms with E-state index in [9.17, 15) is 19.8 Å². The van der Waals surface area contributed by atoms with E-state index in [1.165, 1.54) is 17.0 Å². The van der Waals surface area contributed by atoms with Crippen LogP contribution in [0.3, 0.4) is 0 Å². The van der Waals surface area contributed by atoms with Crippen molar-refractivity contribution < 1.29 is 24.5 Å². The number of hydrogen-bond donors (Lipinski definition) is 2. The summed E-state index contributed by atoms with van der Waals surface area (Å²) in [5.74, 6) is -1.46. The zero-order valence-electron chi connectivity index (χ0n) is 18.4. The van der Waals surface area contributed by atoms with Crippen LogP contribution in [0.5, 0.6) is 11.5 Å². The average molecular weight is 498 g/mol. The van der Waals surface area contributed by atoms with Crippen LogP contribution >= 0.6 is 23.2 Å². The molecule has 6 nitrogen and oxygen atoms in total. The van der Waals surface area contributed by atoms with Crippen LogP contribution in [0.25, 0.3) is 5.76 Å². The van der Waals surface area contributed by atoms with Gasteiger partial charge in [-0.1, -0.05) is 29.3 Å². The van der Waals surface area contributed by atoms with Crippen molar-refractivity contribution in [2.45, 2.75) is 19.9 Å². The van der Waals surface area contributed by atoms with Gasteiger partial charge in [-0.2, -0.15) is 0 Å². The Balaban J connectivity index is 1.93. The van der Waals surface area contributed by atoms with Crippen LogP contribution in [0.15, 0.2) is 66.2 Å². The van der Waals surface area contributed by atoms with E-state index < -0.39 is 17.7 Å². The highest BCUT2D eigenvalue weighted by molar-refractivity contribution is 6.51. The van der Waals surface area contributed by atoms with E-state index in [4.69, 9.17) is 27.9 Å². The summed E-state index contributed by atoms with van der Waals surface area (Å²) < 4.78 is 5.56. The maximum absolute atomic E-state index is 13.2. The molecule has 174 valence electrons. The van der Waals surface area contributed by atoms with Crippen LogP contribution in [0.4, 0.5) is 5.69 Å². The number of aromatic hydroxyl groups is 1. The summed E-state index contributed by atoms with van der Waals surface area (Å²) in [6.07, 6.45) is 0. The Labute approximate surface area is 206 Å². The number of benzene rings is 3. The maximum atomic E-state index is 13.2. The molecule has 4 rings (SSSR count). The van der Waals surface area contributed by atoms with E-state index in [2.05, 4.69) is 0 Å². The molecule has 1 heterocycles. The smallest absolute Gasteiger partial charge is 0.300 e. The number of nitrogens with zero attached hydrogens (tertiary/aromatic N) is 1. The van der Waals surface area contributed by atoms with Gasteiger partial charge >= 0.3 is 0 Å². The second kappa shape index (κ2) is 9.41. The molecule has 1 aliphatic heterocycles. The summed E-state index contributed by atoms with van der Waals surface area (Å²) in [6.45, 7) is 4.18. The molecule has 0 radical (unpaired) electrons. The Morgan fingerprint density at radius 3 is 2.35 bits per heavy atom. The molecular formula is C26H21Cl2NO5. The molecular weight excluding hydrogens is 477 g/mol. The molecule has 34 heavy (non-hydrogen) atoms. The predicted molar refractivity (Wildman–Crippen MR) is 132 cm³/mol. The average Bonchev–Trinajstić information content (AvgIpc) is 3.08. The van der Waals surface area contributed by atoms with Crippen LogP contribution in [0.1, 0.15) is 29.7 Å². The lowest BCUT2D eigenvalue weighted by Crippen LogP contribution is -2.29. The number of ether oxygens (including phenoxy) is 1.